The van der Waals surface area contributed by atoms with Crippen molar-refractivity contribution in [3.05, 3.63) is 84.5 Å². The van der Waals surface area contributed by atoms with E-state index in [0.29, 0.717) is 17.5 Å². The summed E-state index contributed by atoms with van der Waals surface area (Å²) >= 11 is 0. The Morgan fingerprint density at radius 1 is 1.00 bits per heavy atom. The predicted molar refractivity (Wildman–Crippen MR) is 176 cm³/mol. The zero-order chi connectivity index (χ0) is 34.3. The molecule has 7 rings (SSSR count). The van der Waals surface area contributed by atoms with Crippen LogP contribution in [-0.4, -0.2) is 109 Å². The number of cyclic esters (lactones) is 1. The van der Waals surface area contributed by atoms with Crippen LogP contribution in [0.2, 0.25) is 0 Å². The molecule has 5 bridgehead atoms. The predicted octanol–water partition coefficient (Wildman–Crippen LogP) is 2.23. The van der Waals surface area contributed by atoms with Gasteiger partial charge in [-0.1, -0.05) is 72.0 Å². The van der Waals surface area contributed by atoms with E-state index in [-0.39, 0.29) is 45.1 Å². The van der Waals surface area contributed by atoms with Gasteiger partial charge in [0.1, 0.15) is 35.9 Å². The van der Waals surface area contributed by atoms with E-state index in [2.05, 4.69) is 10.3 Å². The third-order valence-corrected chi connectivity index (χ3v) is 10.3. The summed E-state index contributed by atoms with van der Waals surface area (Å²) in [5.74, 6) is -3.60. The van der Waals surface area contributed by atoms with E-state index in [9.17, 15) is 24.3 Å². The van der Waals surface area contributed by atoms with Gasteiger partial charge >= 0.3 is 5.97 Å². The first-order chi connectivity index (χ1) is 23.7. The number of likely N-dealkylation sites (N-methyl/N-ethyl adjacent to an activating group) is 1. The molecular formula is C36H40N6O7. The highest BCUT2D eigenvalue weighted by molar-refractivity contribution is 5.99. The van der Waals surface area contributed by atoms with E-state index in [4.69, 9.17) is 9.47 Å². The van der Waals surface area contributed by atoms with Crippen molar-refractivity contribution >= 4 is 34.7 Å². The molecule has 3 aromatic rings. The molecule has 7 atom stereocenters. The maximum atomic E-state index is 14.8. The van der Waals surface area contributed by atoms with Gasteiger partial charge in [0.05, 0.1) is 23.6 Å². The van der Waals surface area contributed by atoms with Gasteiger partial charge in [-0.3, -0.25) is 19.2 Å². The zero-order valence-corrected chi connectivity index (χ0v) is 27.5. The molecule has 2 saturated heterocycles. The summed E-state index contributed by atoms with van der Waals surface area (Å²) in [5.41, 5.74) is 0.693. The second kappa shape index (κ2) is 13.2. The quantitative estimate of drug-likeness (QED) is 0.309. The van der Waals surface area contributed by atoms with Crippen molar-refractivity contribution in [2.45, 2.75) is 62.7 Å². The maximum Gasteiger partial charge on any atom is 0.313 e. The van der Waals surface area contributed by atoms with Crippen LogP contribution in [0.1, 0.15) is 37.9 Å². The Labute approximate surface area is 283 Å². The summed E-state index contributed by atoms with van der Waals surface area (Å²) in [5, 5.41) is 18.3. The standard InChI is InChI=1S/C36H40N6O7/c1-23-31(24-12-5-3-6-13-24)48-35(47)29-27-17-18-36(49-27)30(29)33(45)41(20-11-21-43)32(36)34(46)40(19-10-4-7-16-28(44)39(23)2)22-42-26-15-9-8-14-25(26)37-38-42/h3-6,8-10,12-15,17-18,23,27,29-32,43H,7,11,16,19-22H2,1-2H3/b10-4-/t23-,27+,29-,30-,31+,32+,36-/m0/s1. The number of amides is 3. The molecule has 3 amide bonds. The van der Waals surface area contributed by atoms with Crippen molar-refractivity contribution in [3.8, 4) is 0 Å². The van der Waals surface area contributed by atoms with Crippen molar-refractivity contribution in [2.75, 3.05) is 26.7 Å². The molecule has 0 aliphatic carbocycles. The summed E-state index contributed by atoms with van der Waals surface area (Å²) in [6.07, 6.45) is 6.47. The fourth-order valence-electron chi connectivity index (χ4n) is 7.70. The van der Waals surface area contributed by atoms with Gasteiger partial charge in [-0.25, -0.2) is 4.68 Å². The summed E-state index contributed by atoms with van der Waals surface area (Å²) in [4.78, 5) is 61.5. The highest BCUT2D eigenvalue weighted by atomic mass is 16.6. The van der Waals surface area contributed by atoms with Crippen molar-refractivity contribution in [1.29, 1.82) is 0 Å². The number of benzene rings is 2. The molecule has 0 radical (unpaired) electrons. The lowest BCUT2D eigenvalue weighted by molar-refractivity contribution is -0.164. The van der Waals surface area contributed by atoms with Gasteiger partial charge in [0.2, 0.25) is 11.8 Å². The number of aromatic nitrogens is 3. The number of fused-ring (bicyclic) bond motifs is 3. The van der Waals surface area contributed by atoms with Crippen molar-refractivity contribution in [1.82, 2.24) is 29.7 Å². The molecule has 2 aromatic carbocycles. The van der Waals surface area contributed by atoms with Crippen LogP contribution >= 0.6 is 0 Å². The van der Waals surface area contributed by atoms with Crippen LogP contribution in [0.5, 0.6) is 0 Å². The lowest BCUT2D eigenvalue weighted by Crippen LogP contribution is -2.56. The highest BCUT2D eigenvalue weighted by Gasteiger charge is 2.73. The maximum absolute atomic E-state index is 14.8. The Morgan fingerprint density at radius 3 is 2.57 bits per heavy atom. The van der Waals surface area contributed by atoms with E-state index in [0.717, 1.165) is 5.52 Å². The Bertz CT molecular complexity index is 1810. The molecule has 49 heavy (non-hydrogen) atoms. The van der Waals surface area contributed by atoms with E-state index in [1.54, 1.807) is 33.7 Å². The smallest absolute Gasteiger partial charge is 0.313 e. The number of carbonyl (C=O) groups is 4. The molecule has 2 fully saturated rings. The number of likely N-dealkylation sites (tertiary alicyclic amines) is 1. The molecule has 13 nitrogen and oxygen atoms in total. The molecule has 1 N–H and O–H groups in total. The first-order valence-electron chi connectivity index (χ1n) is 16.8. The number of rotatable bonds is 6. The van der Waals surface area contributed by atoms with Crippen LogP contribution in [0.15, 0.2) is 78.9 Å². The van der Waals surface area contributed by atoms with Gasteiger partial charge in [0.15, 0.2) is 0 Å². The van der Waals surface area contributed by atoms with Crippen LogP contribution in [0.4, 0.5) is 0 Å². The number of aliphatic hydroxyl groups excluding tert-OH is 1. The molecule has 4 aliphatic heterocycles. The lowest BCUT2D eigenvalue weighted by Gasteiger charge is -2.35. The van der Waals surface area contributed by atoms with Crippen LogP contribution in [0.25, 0.3) is 11.0 Å². The largest absolute Gasteiger partial charge is 0.455 e. The topological polar surface area (TPSA) is 147 Å². The number of allylic oxidation sites excluding steroid dienone is 1. The molecule has 256 valence electrons. The number of ether oxygens (including phenoxy) is 2. The third-order valence-electron chi connectivity index (χ3n) is 10.3. The fraction of sp³-hybridized carbons (Fsp3) is 0.444. The minimum absolute atomic E-state index is 0.0273. The highest BCUT2D eigenvalue weighted by Crippen LogP contribution is 2.56. The number of hydrogen-bond acceptors (Lipinski definition) is 9. The molecule has 13 heteroatoms. The first kappa shape index (κ1) is 32.7. The number of nitrogens with zero attached hydrogens (tertiary/aromatic N) is 6. The summed E-state index contributed by atoms with van der Waals surface area (Å²) < 4.78 is 14.4. The van der Waals surface area contributed by atoms with E-state index in [1.165, 1.54) is 4.90 Å². The minimum atomic E-state index is -1.42. The monoisotopic (exact) mass is 668 g/mol. The Morgan fingerprint density at radius 2 is 1.78 bits per heavy atom. The second-order valence-electron chi connectivity index (χ2n) is 13.1. The van der Waals surface area contributed by atoms with Crippen LogP contribution in [0, 0.1) is 11.8 Å². The van der Waals surface area contributed by atoms with E-state index in [1.807, 2.05) is 73.7 Å². The number of esters is 1. The first-order valence-corrected chi connectivity index (χ1v) is 16.8. The van der Waals surface area contributed by atoms with Gasteiger partial charge < -0.3 is 29.3 Å². The second-order valence-corrected chi connectivity index (χ2v) is 13.1. The molecule has 4 aliphatic rings. The van der Waals surface area contributed by atoms with Crippen LogP contribution < -0.4 is 0 Å². The molecule has 1 spiro atoms. The summed E-state index contributed by atoms with van der Waals surface area (Å²) in [6.45, 7) is 1.93. The summed E-state index contributed by atoms with van der Waals surface area (Å²) in [6, 6.07) is 15.0. The SMILES string of the molecule is C[C@H]1[C@H](c2ccccc2)OC(=O)[C@@H]2[C@H]3C(=O)N(CCCO)[C@H](C(=O)N(Cn4nnc5ccccc54)C/C=C\CCC(=O)N1C)[C@]31C=C[C@H]2O1. The van der Waals surface area contributed by atoms with Crippen molar-refractivity contribution < 1.29 is 33.8 Å². The average Bonchev–Trinajstić information content (AvgIpc) is 3.87. The van der Waals surface area contributed by atoms with E-state index >= 15 is 0 Å². The fourth-order valence-corrected chi connectivity index (χ4v) is 7.70. The molecule has 1 aromatic heterocycles. The molecular weight excluding hydrogens is 628 g/mol. The van der Waals surface area contributed by atoms with Gasteiger partial charge in [0, 0.05) is 33.2 Å². The summed E-state index contributed by atoms with van der Waals surface area (Å²) in [7, 11) is 1.69. The Hall–Kier alpha value is -4.88. The number of carbonyl (C=O) groups excluding carboxylic acids is 4. The Kier molecular flexibility index (Phi) is 8.80. The molecule has 0 saturated carbocycles. The number of aliphatic hydroxyl groups is 1. The minimum Gasteiger partial charge on any atom is -0.455 e. The third kappa shape index (κ3) is 5.60. The van der Waals surface area contributed by atoms with Gasteiger partial charge in [-0.2, -0.15) is 0 Å². The van der Waals surface area contributed by atoms with Gasteiger partial charge in [-0.15, -0.1) is 5.10 Å². The normalized spacial score (nSPS) is 31.1. The number of hydrogen-bond donors (Lipinski definition) is 1. The van der Waals surface area contributed by atoms with E-state index < -0.39 is 59.5 Å². The Balaban J connectivity index is 1.30. The molecule has 5 heterocycles. The van der Waals surface area contributed by atoms with Gasteiger partial charge in [0.25, 0.3) is 5.91 Å². The lowest BCUT2D eigenvalue weighted by atomic mass is 9.74. The average molecular weight is 669 g/mol. The van der Waals surface area contributed by atoms with Crippen LogP contribution in [-0.2, 0) is 35.3 Å². The van der Waals surface area contributed by atoms with Crippen molar-refractivity contribution in [2.24, 2.45) is 11.8 Å². The zero-order valence-electron chi connectivity index (χ0n) is 27.5. The van der Waals surface area contributed by atoms with Crippen molar-refractivity contribution in [3.63, 3.8) is 0 Å². The van der Waals surface area contributed by atoms with Crippen LogP contribution in [0.3, 0.4) is 0 Å². The molecule has 0 unspecified atom stereocenters. The number of para-hydroxylation sites is 1. The van der Waals surface area contributed by atoms with Gasteiger partial charge in [-0.05, 0) is 37.5 Å².